The molecule has 0 bridgehead atoms. The van der Waals surface area contributed by atoms with Gasteiger partial charge < -0.3 is 10.1 Å². The number of nitrogens with one attached hydrogen (secondary N) is 1. The largest absolute Gasteiger partial charge is 0.495 e. The third kappa shape index (κ3) is 5.07. The molecule has 1 aromatic heterocycles. The maximum atomic E-state index is 13.9. The summed E-state index contributed by atoms with van der Waals surface area (Å²) in [6.45, 7) is 0.0929. The molecule has 4 rings (SSSR count). The van der Waals surface area contributed by atoms with E-state index in [0.717, 1.165) is 5.56 Å². The number of nitrogens with zero attached hydrogens (tertiary/aromatic N) is 2. The molecule has 34 heavy (non-hydrogen) atoms. The van der Waals surface area contributed by atoms with Gasteiger partial charge in [0.05, 0.1) is 36.1 Å². The highest BCUT2D eigenvalue weighted by Gasteiger charge is 2.28. The Bertz CT molecular complexity index is 1380. The Morgan fingerprint density at radius 1 is 0.941 bits per heavy atom. The van der Waals surface area contributed by atoms with Crippen LogP contribution in [0.2, 0.25) is 0 Å². The standard InChI is InChI=1S/C26H23N3O4S/c1-33-25-15-6-5-14-24(25)29(19-20-9-3-2-4-10-20)34(31,32)23-13-7-11-21(17-23)26(30)28-22-12-8-16-27-18-22/h2-18H,19H2,1H3,(H,28,30). The van der Waals surface area contributed by atoms with Crippen molar-refractivity contribution in [3.8, 4) is 5.75 Å². The number of pyridine rings is 1. The molecule has 0 fully saturated rings. The van der Waals surface area contributed by atoms with Gasteiger partial charge in [-0.2, -0.15) is 0 Å². The number of sulfonamides is 1. The molecule has 0 saturated carbocycles. The number of methoxy groups -OCH3 is 1. The second kappa shape index (κ2) is 10.2. The van der Waals surface area contributed by atoms with Crippen LogP contribution in [0.15, 0.2) is 108 Å². The lowest BCUT2D eigenvalue weighted by atomic mass is 10.2. The fourth-order valence-corrected chi connectivity index (χ4v) is 4.96. The number of hydrogen-bond acceptors (Lipinski definition) is 5. The van der Waals surface area contributed by atoms with Crippen LogP contribution in [0, 0.1) is 0 Å². The zero-order chi connectivity index (χ0) is 24.0. The first-order chi connectivity index (χ1) is 16.5. The smallest absolute Gasteiger partial charge is 0.264 e. The maximum absolute atomic E-state index is 13.9. The number of ether oxygens (including phenoxy) is 1. The van der Waals surface area contributed by atoms with Gasteiger partial charge in [-0.25, -0.2) is 8.42 Å². The van der Waals surface area contributed by atoms with Crippen molar-refractivity contribution in [1.29, 1.82) is 0 Å². The van der Waals surface area contributed by atoms with Crippen LogP contribution in [0.1, 0.15) is 15.9 Å². The first-order valence-corrected chi connectivity index (χ1v) is 11.9. The minimum Gasteiger partial charge on any atom is -0.495 e. The van der Waals surface area contributed by atoms with Gasteiger partial charge in [-0.05, 0) is 48.0 Å². The van der Waals surface area contributed by atoms with Crippen molar-refractivity contribution in [2.24, 2.45) is 0 Å². The normalized spacial score (nSPS) is 11.0. The average molecular weight is 474 g/mol. The summed E-state index contributed by atoms with van der Waals surface area (Å²) in [5, 5.41) is 2.73. The fourth-order valence-electron chi connectivity index (χ4n) is 3.45. The number of amides is 1. The molecule has 1 amide bonds. The lowest BCUT2D eigenvalue weighted by Gasteiger charge is -2.26. The molecule has 0 spiro atoms. The van der Waals surface area contributed by atoms with Crippen molar-refractivity contribution >= 4 is 27.3 Å². The fraction of sp³-hybridized carbons (Fsp3) is 0.0769. The molecule has 7 nitrogen and oxygen atoms in total. The summed E-state index contributed by atoms with van der Waals surface area (Å²) in [5.41, 5.74) is 1.94. The van der Waals surface area contributed by atoms with E-state index in [9.17, 15) is 13.2 Å². The summed E-state index contributed by atoms with van der Waals surface area (Å²) < 4.78 is 34.5. The highest BCUT2D eigenvalue weighted by atomic mass is 32.2. The number of rotatable bonds is 8. The predicted octanol–water partition coefficient (Wildman–Crippen LogP) is 4.74. The second-order valence-corrected chi connectivity index (χ2v) is 9.26. The summed E-state index contributed by atoms with van der Waals surface area (Å²) in [6.07, 6.45) is 3.11. The third-order valence-electron chi connectivity index (χ3n) is 5.13. The van der Waals surface area contributed by atoms with Crippen molar-refractivity contribution in [3.63, 3.8) is 0 Å². The van der Waals surface area contributed by atoms with Crippen molar-refractivity contribution in [2.75, 3.05) is 16.7 Å². The number of carbonyl (C=O) groups excluding carboxylic acids is 1. The quantitative estimate of drug-likeness (QED) is 0.399. The lowest BCUT2D eigenvalue weighted by Crippen LogP contribution is -2.31. The molecular weight excluding hydrogens is 450 g/mol. The highest BCUT2D eigenvalue weighted by Crippen LogP contribution is 2.33. The van der Waals surface area contributed by atoms with Gasteiger partial charge in [-0.3, -0.25) is 14.1 Å². The van der Waals surface area contributed by atoms with Crippen LogP contribution in [-0.2, 0) is 16.6 Å². The van der Waals surface area contributed by atoms with Crippen molar-refractivity contribution < 1.29 is 17.9 Å². The van der Waals surface area contributed by atoms with E-state index in [4.69, 9.17) is 4.74 Å². The molecule has 4 aromatic rings. The van der Waals surface area contributed by atoms with Crippen LogP contribution >= 0.6 is 0 Å². The first kappa shape index (κ1) is 23.0. The monoisotopic (exact) mass is 473 g/mol. The highest BCUT2D eigenvalue weighted by molar-refractivity contribution is 7.92. The van der Waals surface area contributed by atoms with Crippen LogP contribution < -0.4 is 14.4 Å². The minimum atomic E-state index is -4.05. The van der Waals surface area contributed by atoms with Crippen LogP contribution in [0.25, 0.3) is 0 Å². The number of para-hydroxylation sites is 2. The molecule has 0 saturated heterocycles. The van der Waals surface area contributed by atoms with Gasteiger partial charge in [0.1, 0.15) is 5.75 Å². The van der Waals surface area contributed by atoms with Crippen molar-refractivity contribution in [3.05, 3.63) is 115 Å². The number of benzene rings is 3. The van der Waals surface area contributed by atoms with E-state index in [0.29, 0.717) is 17.1 Å². The van der Waals surface area contributed by atoms with E-state index in [-0.39, 0.29) is 17.0 Å². The molecule has 0 unspecified atom stereocenters. The van der Waals surface area contributed by atoms with Crippen LogP contribution in [-0.4, -0.2) is 26.4 Å². The first-order valence-electron chi connectivity index (χ1n) is 10.5. The van der Waals surface area contributed by atoms with Gasteiger partial charge in [0.15, 0.2) is 0 Å². The molecule has 1 N–H and O–H groups in total. The molecule has 3 aromatic carbocycles. The Kier molecular flexibility index (Phi) is 6.89. The van der Waals surface area contributed by atoms with E-state index in [1.54, 1.807) is 54.7 Å². The number of anilines is 2. The molecule has 1 heterocycles. The average Bonchev–Trinajstić information content (AvgIpc) is 2.88. The Morgan fingerprint density at radius 3 is 2.44 bits per heavy atom. The third-order valence-corrected chi connectivity index (χ3v) is 6.88. The summed E-state index contributed by atoms with van der Waals surface area (Å²) in [4.78, 5) is 16.7. The SMILES string of the molecule is COc1ccccc1N(Cc1ccccc1)S(=O)(=O)c1cccc(C(=O)Nc2cccnc2)c1. The molecule has 0 aliphatic heterocycles. The van der Waals surface area contributed by atoms with Gasteiger partial charge in [0.25, 0.3) is 15.9 Å². The van der Waals surface area contributed by atoms with Crippen LogP contribution in [0.5, 0.6) is 5.75 Å². The number of hydrogen-bond donors (Lipinski definition) is 1. The van der Waals surface area contributed by atoms with Gasteiger partial charge in [-0.1, -0.05) is 48.5 Å². The molecular formula is C26H23N3O4S. The molecule has 0 radical (unpaired) electrons. The zero-order valence-corrected chi connectivity index (χ0v) is 19.3. The van der Waals surface area contributed by atoms with Gasteiger partial charge in [-0.15, -0.1) is 0 Å². The second-order valence-electron chi connectivity index (χ2n) is 7.39. The van der Waals surface area contributed by atoms with Crippen LogP contribution in [0.3, 0.4) is 0 Å². The number of aromatic nitrogens is 1. The molecule has 0 aliphatic carbocycles. The predicted molar refractivity (Wildman–Crippen MR) is 131 cm³/mol. The van der Waals surface area contributed by atoms with E-state index in [1.807, 2.05) is 30.3 Å². The molecule has 8 heteroatoms. The Balaban J connectivity index is 1.73. The summed E-state index contributed by atoms with van der Waals surface area (Å²) in [7, 11) is -2.56. The van der Waals surface area contributed by atoms with Gasteiger partial charge in [0, 0.05) is 11.8 Å². The van der Waals surface area contributed by atoms with Crippen LogP contribution in [0.4, 0.5) is 11.4 Å². The Morgan fingerprint density at radius 2 is 1.71 bits per heavy atom. The summed E-state index contributed by atoms with van der Waals surface area (Å²) in [5.74, 6) is -0.00978. The van der Waals surface area contributed by atoms with E-state index in [1.165, 1.54) is 29.7 Å². The minimum absolute atomic E-state index is 0.00632. The van der Waals surface area contributed by atoms with Gasteiger partial charge in [0.2, 0.25) is 0 Å². The topological polar surface area (TPSA) is 88.6 Å². The molecule has 0 aliphatic rings. The van der Waals surface area contributed by atoms with E-state index >= 15 is 0 Å². The Labute approximate surface area is 198 Å². The number of carbonyl (C=O) groups is 1. The van der Waals surface area contributed by atoms with E-state index in [2.05, 4.69) is 10.3 Å². The van der Waals surface area contributed by atoms with Crippen molar-refractivity contribution in [1.82, 2.24) is 4.98 Å². The Hall–Kier alpha value is -4.17. The zero-order valence-electron chi connectivity index (χ0n) is 18.5. The van der Waals surface area contributed by atoms with Gasteiger partial charge >= 0.3 is 0 Å². The summed E-state index contributed by atoms with van der Waals surface area (Å²) in [6, 6.07) is 25.6. The summed E-state index contributed by atoms with van der Waals surface area (Å²) >= 11 is 0. The van der Waals surface area contributed by atoms with Crippen molar-refractivity contribution in [2.45, 2.75) is 11.4 Å². The lowest BCUT2D eigenvalue weighted by molar-refractivity contribution is 0.102. The van der Waals surface area contributed by atoms with E-state index < -0.39 is 15.9 Å². The molecule has 172 valence electrons. The molecule has 0 atom stereocenters. The maximum Gasteiger partial charge on any atom is 0.264 e.